The molecule has 0 saturated carbocycles. The number of rotatable bonds is 2. The second-order valence-electron chi connectivity index (χ2n) is 4.95. The summed E-state index contributed by atoms with van der Waals surface area (Å²) < 4.78 is 0. The zero-order chi connectivity index (χ0) is 12.4. The number of hydrogen-bond acceptors (Lipinski definition) is 3. The predicted octanol–water partition coefficient (Wildman–Crippen LogP) is 2.17. The van der Waals surface area contributed by atoms with Crippen molar-refractivity contribution in [2.24, 2.45) is 0 Å². The summed E-state index contributed by atoms with van der Waals surface area (Å²) in [6, 6.07) is 6.31. The van der Waals surface area contributed by atoms with Crippen molar-refractivity contribution in [1.82, 2.24) is 5.32 Å². The Morgan fingerprint density at radius 1 is 1.28 bits per heavy atom. The standard InChI is InChI=1S/C14H18N2OS/c17-14(13-8-18-9-15-13)16-12-6-5-10-3-1-2-4-11(10)7-12/h5-7,13,15H,1-4,8-9H2,(H,16,17). The molecule has 1 aromatic carbocycles. The fourth-order valence-electron chi connectivity index (χ4n) is 2.60. The number of carbonyl (C=O) groups is 1. The third kappa shape index (κ3) is 2.54. The van der Waals surface area contributed by atoms with E-state index >= 15 is 0 Å². The second kappa shape index (κ2) is 5.33. The number of anilines is 1. The smallest absolute Gasteiger partial charge is 0.242 e. The SMILES string of the molecule is O=C(Nc1ccc2c(c1)CCCC2)C1CSCN1. The highest BCUT2D eigenvalue weighted by atomic mass is 32.2. The van der Waals surface area contributed by atoms with Gasteiger partial charge in [-0.1, -0.05) is 6.07 Å². The van der Waals surface area contributed by atoms with Gasteiger partial charge in [0.1, 0.15) is 0 Å². The molecule has 2 aliphatic rings. The van der Waals surface area contributed by atoms with Gasteiger partial charge in [0.05, 0.1) is 6.04 Å². The molecule has 3 nitrogen and oxygen atoms in total. The van der Waals surface area contributed by atoms with Crippen molar-refractivity contribution in [2.75, 3.05) is 16.9 Å². The molecule has 0 bridgehead atoms. The Kier molecular flexibility index (Phi) is 3.57. The Morgan fingerprint density at radius 2 is 2.11 bits per heavy atom. The summed E-state index contributed by atoms with van der Waals surface area (Å²) >= 11 is 1.77. The van der Waals surface area contributed by atoms with Crippen LogP contribution in [0.2, 0.25) is 0 Å². The first-order chi connectivity index (χ1) is 8.83. The normalized spacial score (nSPS) is 22.6. The number of aryl methyl sites for hydroxylation is 2. The molecule has 1 aliphatic heterocycles. The fraction of sp³-hybridized carbons (Fsp3) is 0.500. The average Bonchev–Trinajstić information content (AvgIpc) is 2.92. The van der Waals surface area contributed by atoms with Gasteiger partial charge in [0.25, 0.3) is 0 Å². The van der Waals surface area contributed by atoms with Gasteiger partial charge < -0.3 is 5.32 Å². The molecular formula is C14H18N2OS. The summed E-state index contributed by atoms with van der Waals surface area (Å²) in [5, 5.41) is 6.21. The van der Waals surface area contributed by atoms with Crippen LogP contribution >= 0.6 is 11.8 Å². The van der Waals surface area contributed by atoms with Crippen molar-refractivity contribution >= 4 is 23.4 Å². The van der Waals surface area contributed by atoms with E-state index in [1.165, 1.54) is 30.4 Å². The Bertz CT molecular complexity index is 455. The highest BCUT2D eigenvalue weighted by Gasteiger charge is 2.22. The quantitative estimate of drug-likeness (QED) is 0.858. The van der Waals surface area contributed by atoms with Gasteiger partial charge in [0.15, 0.2) is 0 Å². The van der Waals surface area contributed by atoms with Crippen molar-refractivity contribution in [2.45, 2.75) is 31.7 Å². The lowest BCUT2D eigenvalue weighted by molar-refractivity contribution is -0.117. The summed E-state index contributed by atoms with van der Waals surface area (Å²) in [6.45, 7) is 0. The molecule has 4 heteroatoms. The highest BCUT2D eigenvalue weighted by Crippen LogP contribution is 2.24. The van der Waals surface area contributed by atoms with Crippen LogP contribution in [0.1, 0.15) is 24.0 Å². The van der Waals surface area contributed by atoms with Gasteiger partial charge in [-0.25, -0.2) is 0 Å². The molecule has 1 saturated heterocycles. The molecule has 1 amide bonds. The van der Waals surface area contributed by atoms with E-state index < -0.39 is 0 Å². The molecule has 2 N–H and O–H groups in total. The maximum atomic E-state index is 12.0. The number of benzene rings is 1. The van der Waals surface area contributed by atoms with E-state index in [2.05, 4.69) is 22.8 Å². The fourth-order valence-corrected chi connectivity index (χ4v) is 3.55. The first-order valence-corrected chi connectivity index (χ1v) is 7.72. The predicted molar refractivity (Wildman–Crippen MR) is 76.0 cm³/mol. The Balaban J connectivity index is 1.70. The third-order valence-electron chi connectivity index (χ3n) is 3.65. The molecule has 0 radical (unpaired) electrons. The molecule has 1 fully saturated rings. The van der Waals surface area contributed by atoms with Gasteiger partial charge in [0.2, 0.25) is 5.91 Å². The van der Waals surface area contributed by atoms with E-state index in [1.54, 1.807) is 11.8 Å². The molecule has 3 rings (SSSR count). The minimum absolute atomic E-state index is 0.0361. The Labute approximate surface area is 112 Å². The summed E-state index contributed by atoms with van der Waals surface area (Å²) in [5.74, 6) is 1.84. The maximum absolute atomic E-state index is 12.0. The van der Waals surface area contributed by atoms with Crippen LogP contribution in [0.4, 0.5) is 5.69 Å². The lowest BCUT2D eigenvalue weighted by Crippen LogP contribution is -2.37. The van der Waals surface area contributed by atoms with Crippen LogP contribution in [0, 0.1) is 0 Å². The Morgan fingerprint density at radius 3 is 2.89 bits per heavy atom. The van der Waals surface area contributed by atoms with Crippen LogP contribution in [-0.2, 0) is 17.6 Å². The minimum Gasteiger partial charge on any atom is -0.325 e. The zero-order valence-corrected chi connectivity index (χ0v) is 11.2. The molecule has 1 atom stereocenters. The molecule has 1 heterocycles. The topological polar surface area (TPSA) is 41.1 Å². The van der Waals surface area contributed by atoms with Crippen LogP contribution < -0.4 is 10.6 Å². The molecule has 18 heavy (non-hydrogen) atoms. The first kappa shape index (κ1) is 12.1. The van der Waals surface area contributed by atoms with Crippen LogP contribution in [0.5, 0.6) is 0 Å². The van der Waals surface area contributed by atoms with Gasteiger partial charge in [-0.2, -0.15) is 0 Å². The maximum Gasteiger partial charge on any atom is 0.242 e. The summed E-state index contributed by atoms with van der Waals surface area (Å²) in [5.41, 5.74) is 3.81. The van der Waals surface area contributed by atoms with Crippen LogP contribution in [0.3, 0.4) is 0 Å². The van der Waals surface area contributed by atoms with Crippen LogP contribution in [0.15, 0.2) is 18.2 Å². The number of fused-ring (bicyclic) bond motifs is 1. The van der Waals surface area contributed by atoms with Crippen LogP contribution in [0.25, 0.3) is 0 Å². The molecule has 1 aromatic rings. The molecule has 0 aromatic heterocycles. The van der Waals surface area contributed by atoms with Crippen LogP contribution in [-0.4, -0.2) is 23.6 Å². The third-order valence-corrected chi connectivity index (χ3v) is 4.59. The summed E-state index contributed by atoms with van der Waals surface area (Å²) in [7, 11) is 0. The second-order valence-corrected chi connectivity index (χ2v) is 5.98. The molecular weight excluding hydrogens is 244 g/mol. The van der Waals surface area contributed by atoms with Crippen molar-refractivity contribution in [1.29, 1.82) is 0 Å². The van der Waals surface area contributed by atoms with Gasteiger partial charge in [-0.05, 0) is 48.9 Å². The molecule has 0 spiro atoms. The average molecular weight is 262 g/mol. The molecule has 1 unspecified atom stereocenters. The largest absolute Gasteiger partial charge is 0.325 e. The zero-order valence-electron chi connectivity index (χ0n) is 10.4. The van der Waals surface area contributed by atoms with Gasteiger partial charge in [-0.15, -0.1) is 11.8 Å². The monoisotopic (exact) mass is 262 g/mol. The summed E-state index contributed by atoms with van der Waals surface area (Å²) in [6.07, 6.45) is 4.90. The van der Waals surface area contributed by atoms with Gasteiger partial charge >= 0.3 is 0 Å². The number of nitrogens with one attached hydrogen (secondary N) is 2. The number of thioether (sulfide) groups is 1. The van der Waals surface area contributed by atoms with E-state index in [4.69, 9.17) is 0 Å². The first-order valence-electron chi connectivity index (χ1n) is 6.57. The Hall–Kier alpha value is -1.00. The van der Waals surface area contributed by atoms with E-state index in [9.17, 15) is 4.79 Å². The van der Waals surface area contributed by atoms with E-state index in [0.717, 1.165) is 23.7 Å². The van der Waals surface area contributed by atoms with E-state index in [0.29, 0.717) is 0 Å². The lowest BCUT2D eigenvalue weighted by Gasteiger charge is -2.17. The van der Waals surface area contributed by atoms with Gasteiger partial charge in [0, 0.05) is 17.3 Å². The summed E-state index contributed by atoms with van der Waals surface area (Å²) in [4.78, 5) is 12.0. The van der Waals surface area contributed by atoms with Crippen molar-refractivity contribution in [3.63, 3.8) is 0 Å². The molecule has 96 valence electrons. The number of carbonyl (C=O) groups excluding carboxylic acids is 1. The van der Waals surface area contributed by atoms with Crippen molar-refractivity contribution in [3.05, 3.63) is 29.3 Å². The van der Waals surface area contributed by atoms with Gasteiger partial charge in [-0.3, -0.25) is 10.1 Å². The van der Waals surface area contributed by atoms with Crippen molar-refractivity contribution < 1.29 is 4.79 Å². The minimum atomic E-state index is -0.0361. The number of amides is 1. The van der Waals surface area contributed by atoms with E-state index in [1.807, 2.05) is 6.07 Å². The highest BCUT2D eigenvalue weighted by molar-refractivity contribution is 7.99. The van der Waals surface area contributed by atoms with Crippen molar-refractivity contribution in [3.8, 4) is 0 Å². The number of hydrogen-bond donors (Lipinski definition) is 2. The van der Waals surface area contributed by atoms with E-state index in [-0.39, 0.29) is 11.9 Å². The lowest BCUT2D eigenvalue weighted by atomic mass is 9.91. The molecule has 1 aliphatic carbocycles.